The number of hydrogen-bond donors (Lipinski definition) is 2. The Hall–Kier alpha value is -0.790. The Balaban J connectivity index is 2.47. The second-order valence-electron chi connectivity index (χ2n) is 5.67. The Kier molecular flexibility index (Phi) is 6.78. The molecule has 20 heavy (non-hydrogen) atoms. The van der Waals surface area contributed by atoms with Gasteiger partial charge in [-0.15, -0.1) is 0 Å². The Morgan fingerprint density at radius 3 is 2.45 bits per heavy atom. The van der Waals surface area contributed by atoms with Crippen LogP contribution in [0.4, 0.5) is 0 Å². The standard InChI is InChI=1S/C15H20Cl2N2O/c1-15(2,4-3-5-18)10-19-9-14(20)11-6-12(16)8-13(17)7-11/h6-8,14,19-20H,3-4,9-10H2,1-2H3. The molecular weight excluding hydrogens is 295 g/mol. The number of halogens is 2. The predicted molar refractivity (Wildman–Crippen MR) is 82.9 cm³/mol. The third kappa shape index (κ3) is 6.11. The molecule has 1 rings (SSSR count). The quantitative estimate of drug-likeness (QED) is 0.801. The molecule has 1 aromatic rings. The molecule has 0 aromatic heterocycles. The van der Waals surface area contributed by atoms with E-state index in [-0.39, 0.29) is 5.41 Å². The molecular formula is C15H20Cl2N2O. The molecule has 0 bridgehead atoms. The van der Waals surface area contributed by atoms with Gasteiger partial charge < -0.3 is 10.4 Å². The molecule has 2 N–H and O–H groups in total. The monoisotopic (exact) mass is 314 g/mol. The summed E-state index contributed by atoms with van der Waals surface area (Å²) in [6.07, 6.45) is 0.717. The zero-order valence-corrected chi connectivity index (χ0v) is 13.3. The minimum absolute atomic E-state index is 0.0292. The molecule has 0 aliphatic heterocycles. The first-order valence-corrected chi connectivity index (χ1v) is 7.31. The number of nitriles is 1. The highest BCUT2D eigenvalue weighted by molar-refractivity contribution is 6.34. The lowest BCUT2D eigenvalue weighted by Gasteiger charge is -2.24. The number of benzene rings is 1. The molecule has 0 saturated carbocycles. The fourth-order valence-electron chi connectivity index (χ4n) is 1.92. The van der Waals surface area contributed by atoms with Crippen LogP contribution < -0.4 is 5.32 Å². The molecule has 0 heterocycles. The Labute approximate surface area is 130 Å². The number of aliphatic hydroxyl groups excluding tert-OH is 1. The SMILES string of the molecule is CC(C)(CCC#N)CNCC(O)c1cc(Cl)cc(Cl)c1. The number of nitrogens with one attached hydrogen (secondary N) is 1. The van der Waals surface area contributed by atoms with Crippen LogP contribution in [0, 0.1) is 16.7 Å². The van der Waals surface area contributed by atoms with E-state index in [0.717, 1.165) is 13.0 Å². The van der Waals surface area contributed by atoms with Crippen molar-refractivity contribution in [2.45, 2.75) is 32.8 Å². The predicted octanol–water partition coefficient (Wildman–Crippen LogP) is 3.95. The first kappa shape index (κ1) is 17.3. The van der Waals surface area contributed by atoms with Crippen molar-refractivity contribution in [2.75, 3.05) is 13.1 Å². The lowest BCUT2D eigenvalue weighted by Crippen LogP contribution is -2.32. The maximum absolute atomic E-state index is 10.1. The highest BCUT2D eigenvalue weighted by Gasteiger charge is 2.18. The molecule has 0 fully saturated rings. The lowest BCUT2D eigenvalue weighted by molar-refractivity contribution is 0.167. The van der Waals surface area contributed by atoms with E-state index in [4.69, 9.17) is 28.5 Å². The van der Waals surface area contributed by atoms with Crippen LogP contribution in [0.2, 0.25) is 10.0 Å². The van der Waals surface area contributed by atoms with Crippen molar-refractivity contribution in [3.63, 3.8) is 0 Å². The van der Waals surface area contributed by atoms with Gasteiger partial charge in [0.05, 0.1) is 12.2 Å². The van der Waals surface area contributed by atoms with Crippen LogP contribution in [0.25, 0.3) is 0 Å². The summed E-state index contributed by atoms with van der Waals surface area (Å²) in [5, 5.41) is 23.0. The van der Waals surface area contributed by atoms with Crippen LogP contribution in [-0.2, 0) is 0 Å². The fourth-order valence-corrected chi connectivity index (χ4v) is 2.46. The number of hydrogen-bond acceptors (Lipinski definition) is 3. The maximum Gasteiger partial charge on any atom is 0.0915 e. The molecule has 1 atom stereocenters. The van der Waals surface area contributed by atoms with Crippen molar-refractivity contribution in [1.29, 1.82) is 5.26 Å². The summed E-state index contributed by atoms with van der Waals surface area (Å²) in [6, 6.07) is 7.21. The second kappa shape index (κ2) is 7.85. The summed E-state index contributed by atoms with van der Waals surface area (Å²) in [4.78, 5) is 0. The summed E-state index contributed by atoms with van der Waals surface area (Å²) in [5.74, 6) is 0. The van der Waals surface area contributed by atoms with Crippen LogP contribution in [0.1, 0.15) is 38.4 Å². The van der Waals surface area contributed by atoms with Crippen molar-refractivity contribution in [1.82, 2.24) is 5.32 Å². The molecule has 0 aliphatic carbocycles. The van der Waals surface area contributed by atoms with E-state index in [0.29, 0.717) is 28.6 Å². The number of nitrogens with zero attached hydrogens (tertiary/aromatic N) is 1. The molecule has 5 heteroatoms. The first-order chi connectivity index (χ1) is 9.34. The zero-order valence-electron chi connectivity index (χ0n) is 11.8. The van der Waals surface area contributed by atoms with Gasteiger partial charge in [-0.05, 0) is 35.6 Å². The molecule has 1 unspecified atom stereocenters. The van der Waals surface area contributed by atoms with E-state index >= 15 is 0 Å². The largest absolute Gasteiger partial charge is 0.387 e. The van der Waals surface area contributed by atoms with Crippen LogP contribution in [0.5, 0.6) is 0 Å². The van der Waals surface area contributed by atoms with Crippen LogP contribution in [0.3, 0.4) is 0 Å². The lowest BCUT2D eigenvalue weighted by atomic mass is 9.88. The molecule has 0 radical (unpaired) electrons. The highest BCUT2D eigenvalue weighted by atomic mass is 35.5. The minimum atomic E-state index is -0.655. The van der Waals surface area contributed by atoms with Crippen molar-refractivity contribution in [3.05, 3.63) is 33.8 Å². The van der Waals surface area contributed by atoms with E-state index < -0.39 is 6.10 Å². The minimum Gasteiger partial charge on any atom is -0.387 e. The van der Waals surface area contributed by atoms with Crippen molar-refractivity contribution < 1.29 is 5.11 Å². The number of aliphatic hydroxyl groups is 1. The third-order valence-corrected chi connectivity index (χ3v) is 3.56. The maximum atomic E-state index is 10.1. The Morgan fingerprint density at radius 2 is 1.90 bits per heavy atom. The van der Waals surface area contributed by atoms with Crippen molar-refractivity contribution in [2.24, 2.45) is 5.41 Å². The van der Waals surface area contributed by atoms with Gasteiger partial charge in [-0.3, -0.25) is 0 Å². The summed E-state index contributed by atoms with van der Waals surface area (Å²) in [5.41, 5.74) is 0.728. The van der Waals surface area contributed by atoms with Gasteiger partial charge in [0.2, 0.25) is 0 Å². The van der Waals surface area contributed by atoms with Gasteiger partial charge in [-0.1, -0.05) is 37.0 Å². The second-order valence-corrected chi connectivity index (χ2v) is 6.54. The van der Waals surface area contributed by atoms with Crippen LogP contribution in [-0.4, -0.2) is 18.2 Å². The molecule has 0 spiro atoms. The molecule has 0 aliphatic rings. The van der Waals surface area contributed by atoms with E-state index in [2.05, 4.69) is 25.2 Å². The molecule has 110 valence electrons. The molecule has 3 nitrogen and oxygen atoms in total. The average molecular weight is 315 g/mol. The zero-order chi connectivity index (χ0) is 15.2. The van der Waals surface area contributed by atoms with Gasteiger partial charge in [-0.2, -0.15) is 5.26 Å². The highest BCUT2D eigenvalue weighted by Crippen LogP contribution is 2.24. The summed E-state index contributed by atoms with van der Waals surface area (Å²) >= 11 is 11.8. The third-order valence-electron chi connectivity index (χ3n) is 3.12. The number of rotatable bonds is 7. The van der Waals surface area contributed by atoms with Gasteiger partial charge >= 0.3 is 0 Å². The van der Waals surface area contributed by atoms with Gasteiger partial charge in [0.15, 0.2) is 0 Å². The van der Waals surface area contributed by atoms with Gasteiger partial charge in [0.25, 0.3) is 0 Å². The average Bonchev–Trinajstić information content (AvgIpc) is 2.35. The van der Waals surface area contributed by atoms with Gasteiger partial charge in [0.1, 0.15) is 0 Å². The van der Waals surface area contributed by atoms with E-state index in [1.165, 1.54) is 0 Å². The van der Waals surface area contributed by atoms with E-state index in [1.807, 2.05) is 0 Å². The summed E-state index contributed by atoms with van der Waals surface area (Å²) < 4.78 is 0. The normalized spacial score (nSPS) is 13.0. The van der Waals surface area contributed by atoms with Gasteiger partial charge in [0, 0.05) is 29.6 Å². The van der Waals surface area contributed by atoms with Gasteiger partial charge in [-0.25, -0.2) is 0 Å². The topological polar surface area (TPSA) is 56.0 Å². The van der Waals surface area contributed by atoms with Crippen molar-refractivity contribution in [3.8, 4) is 6.07 Å². The van der Waals surface area contributed by atoms with E-state index in [9.17, 15) is 5.11 Å². The molecule has 0 saturated heterocycles. The fraction of sp³-hybridized carbons (Fsp3) is 0.533. The molecule has 0 amide bonds. The van der Waals surface area contributed by atoms with Crippen molar-refractivity contribution >= 4 is 23.2 Å². The molecule has 1 aromatic carbocycles. The van der Waals surface area contributed by atoms with Crippen LogP contribution >= 0.6 is 23.2 Å². The van der Waals surface area contributed by atoms with Crippen LogP contribution in [0.15, 0.2) is 18.2 Å². The Bertz CT molecular complexity index is 463. The summed E-state index contributed by atoms with van der Waals surface area (Å²) in [7, 11) is 0. The summed E-state index contributed by atoms with van der Waals surface area (Å²) in [6.45, 7) is 5.35. The first-order valence-electron chi connectivity index (χ1n) is 6.56. The van der Waals surface area contributed by atoms with E-state index in [1.54, 1.807) is 18.2 Å². The smallest absolute Gasteiger partial charge is 0.0915 e. The Morgan fingerprint density at radius 1 is 1.30 bits per heavy atom.